The quantitative estimate of drug-likeness (QED) is 0.647. The van der Waals surface area contributed by atoms with Gasteiger partial charge in [0.25, 0.3) is 0 Å². The van der Waals surface area contributed by atoms with Crippen LogP contribution in [0.3, 0.4) is 0 Å². The summed E-state index contributed by atoms with van der Waals surface area (Å²) in [5.74, 6) is 0.153. The SMILES string of the molecule is COC(=O)C1CC2(CCC(N)CC2)C1. The van der Waals surface area contributed by atoms with Crippen molar-refractivity contribution < 1.29 is 9.53 Å². The van der Waals surface area contributed by atoms with Crippen molar-refractivity contribution in [3.8, 4) is 0 Å². The summed E-state index contributed by atoms with van der Waals surface area (Å²) in [7, 11) is 1.48. The van der Waals surface area contributed by atoms with E-state index in [2.05, 4.69) is 0 Å². The number of rotatable bonds is 1. The zero-order valence-corrected chi connectivity index (χ0v) is 8.79. The Morgan fingerprint density at radius 1 is 1.36 bits per heavy atom. The molecule has 0 atom stereocenters. The Hall–Kier alpha value is -0.570. The van der Waals surface area contributed by atoms with Crippen molar-refractivity contribution in [3.63, 3.8) is 0 Å². The Morgan fingerprint density at radius 3 is 2.43 bits per heavy atom. The van der Waals surface area contributed by atoms with Crippen molar-refractivity contribution in [2.24, 2.45) is 17.1 Å². The Balaban J connectivity index is 1.83. The molecule has 2 saturated carbocycles. The number of carbonyl (C=O) groups is 1. The van der Waals surface area contributed by atoms with Crippen molar-refractivity contribution >= 4 is 5.97 Å². The summed E-state index contributed by atoms with van der Waals surface area (Å²) in [6, 6.07) is 0.401. The average molecular weight is 197 g/mol. The maximum absolute atomic E-state index is 11.2. The van der Waals surface area contributed by atoms with E-state index in [1.807, 2.05) is 0 Å². The Morgan fingerprint density at radius 2 is 1.93 bits per heavy atom. The Bertz CT molecular complexity index is 223. The number of hydrogen-bond acceptors (Lipinski definition) is 3. The molecule has 3 heteroatoms. The number of hydrogen-bond donors (Lipinski definition) is 1. The molecule has 0 aromatic rings. The van der Waals surface area contributed by atoms with Crippen molar-refractivity contribution in [2.45, 2.75) is 44.6 Å². The van der Waals surface area contributed by atoms with Gasteiger partial charge in [0.1, 0.15) is 0 Å². The van der Waals surface area contributed by atoms with Crippen LogP contribution in [-0.2, 0) is 9.53 Å². The molecule has 0 radical (unpaired) electrons. The van der Waals surface area contributed by atoms with E-state index in [9.17, 15) is 4.79 Å². The standard InChI is InChI=1S/C11H19NO2/c1-14-10(13)8-6-11(7-8)4-2-9(12)3-5-11/h8-9H,2-7,12H2,1H3. The molecule has 0 bridgehead atoms. The minimum atomic E-state index is -0.0227. The molecular formula is C11H19NO2. The maximum Gasteiger partial charge on any atom is 0.308 e. The zero-order valence-electron chi connectivity index (χ0n) is 8.79. The topological polar surface area (TPSA) is 52.3 Å². The first kappa shape index (κ1) is 9.97. The third-order valence-electron chi connectivity index (χ3n) is 3.98. The fourth-order valence-corrected chi connectivity index (χ4v) is 2.98. The molecular weight excluding hydrogens is 178 g/mol. The smallest absolute Gasteiger partial charge is 0.308 e. The summed E-state index contributed by atoms with van der Waals surface area (Å²) in [5, 5.41) is 0. The fourth-order valence-electron chi connectivity index (χ4n) is 2.98. The van der Waals surface area contributed by atoms with E-state index in [4.69, 9.17) is 10.5 Å². The van der Waals surface area contributed by atoms with Crippen LogP contribution >= 0.6 is 0 Å². The third-order valence-corrected chi connectivity index (χ3v) is 3.98. The van der Waals surface area contributed by atoms with Gasteiger partial charge in [0.2, 0.25) is 0 Å². The molecule has 2 aliphatic rings. The summed E-state index contributed by atoms with van der Waals surface area (Å²) < 4.78 is 4.75. The maximum atomic E-state index is 11.2. The summed E-state index contributed by atoms with van der Waals surface area (Å²) in [4.78, 5) is 11.2. The lowest BCUT2D eigenvalue weighted by Crippen LogP contribution is -2.45. The highest BCUT2D eigenvalue weighted by Crippen LogP contribution is 2.54. The molecule has 14 heavy (non-hydrogen) atoms. The van der Waals surface area contributed by atoms with Crippen LogP contribution in [0.15, 0.2) is 0 Å². The van der Waals surface area contributed by atoms with Crippen LogP contribution in [0.25, 0.3) is 0 Å². The van der Waals surface area contributed by atoms with Crippen LogP contribution in [0.1, 0.15) is 38.5 Å². The van der Waals surface area contributed by atoms with Gasteiger partial charge in [0, 0.05) is 6.04 Å². The molecule has 0 aliphatic heterocycles. The first-order valence-corrected chi connectivity index (χ1v) is 5.49. The fraction of sp³-hybridized carbons (Fsp3) is 0.909. The van der Waals surface area contributed by atoms with Gasteiger partial charge in [-0.05, 0) is 43.9 Å². The van der Waals surface area contributed by atoms with Gasteiger partial charge < -0.3 is 10.5 Å². The van der Waals surface area contributed by atoms with Crippen molar-refractivity contribution in [3.05, 3.63) is 0 Å². The second-order valence-electron chi connectivity index (χ2n) is 4.97. The van der Waals surface area contributed by atoms with Gasteiger partial charge in [-0.15, -0.1) is 0 Å². The molecule has 2 rings (SSSR count). The van der Waals surface area contributed by atoms with Crippen LogP contribution in [0.5, 0.6) is 0 Å². The zero-order chi connectivity index (χ0) is 10.2. The first-order chi connectivity index (χ1) is 6.65. The molecule has 0 saturated heterocycles. The molecule has 0 heterocycles. The van der Waals surface area contributed by atoms with Gasteiger partial charge in [-0.2, -0.15) is 0 Å². The van der Waals surface area contributed by atoms with E-state index in [0.717, 1.165) is 25.7 Å². The summed E-state index contributed by atoms with van der Waals surface area (Å²) in [6.07, 6.45) is 6.75. The predicted molar refractivity (Wildman–Crippen MR) is 53.6 cm³/mol. The van der Waals surface area contributed by atoms with Gasteiger partial charge in [-0.3, -0.25) is 4.79 Å². The molecule has 0 amide bonds. The second-order valence-corrected chi connectivity index (χ2v) is 4.97. The van der Waals surface area contributed by atoms with Gasteiger partial charge in [0.15, 0.2) is 0 Å². The molecule has 80 valence electrons. The summed E-state index contributed by atoms with van der Waals surface area (Å²) in [6.45, 7) is 0. The number of nitrogens with two attached hydrogens (primary N) is 1. The molecule has 2 N–H and O–H groups in total. The van der Waals surface area contributed by atoms with Gasteiger partial charge in [-0.25, -0.2) is 0 Å². The third kappa shape index (κ3) is 1.65. The highest BCUT2D eigenvalue weighted by molar-refractivity contribution is 5.73. The minimum absolute atomic E-state index is 0.0227. The van der Waals surface area contributed by atoms with Crippen molar-refractivity contribution in [1.82, 2.24) is 0 Å². The van der Waals surface area contributed by atoms with Crippen LogP contribution in [0.2, 0.25) is 0 Å². The molecule has 3 nitrogen and oxygen atoms in total. The predicted octanol–water partition coefficient (Wildman–Crippen LogP) is 1.46. The number of ether oxygens (including phenoxy) is 1. The van der Waals surface area contributed by atoms with Gasteiger partial charge in [0.05, 0.1) is 13.0 Å². The normalized spacial score (nSPS) is 41.9. The second kappa shape index (κ2) is 3.54. The lowest BCUT2D eigenvalue weighted by molar-refractivity contribution is -0.155. The van der Waals surface area contributed by atoms with E-state index in [1.54, 1.807) is 0 Å². The molecule has 0 aromatic carbocycles. The van der Waals surface area contributed by atoms with Crippen LogP contribution in [0, 0.1) is 11.3 Å². The van der Waals surface area contributed by atoms with Crippen LogP contribution in [0.4, 0.5) is 0 Å². The Kier molecular flexibility index (Phi) is 2.52. The van der Waals surface area contributed by atoms with E-state index < -0.39 is 0 Å². The van der Waals surface area contributed by atoms with E-state index >= 15 is 0 Å². The van der Waals surface area contributed by atoms with E-state index in [-0.39, 0.29) is 11.9 Å². The molecule has 2 fully saturated rings. The lowest BCUT2D eigenvalue weighted by Gasteiger charge is -2.50. The highest BCUT2D eigenvalue weighted by atomic mass is 16.5. The molecule has 1 spiro atoms. The largest absolute Gasteiger partial charge is 0.469 e. The molecule has 2 aliphatic carbocycles. The number of esters is 1. The Labute approximate surface area is 85.0 Å². The molecule has 0 unspecified atom stereocenters. The lowest BCUT2D eigenvalue weighted by atomic mass is 9.55. The molecule has 0 aromatic heterocycles. The number of methoxy groups -OCH3 is 1. The monoisotopic (exact) mass is 197 g/mol. The van der Waals surface area contributed by atoms with E-state index in [0.29, 0.717) is 11.5 Å². The van der Waals surface area contributed by atoms with Crippen molar-refractivity contribution in [1.29, 1.82) is 0 Å². The van der Waals surface area contributed by atoms with Crippen LogP contribution in [-0.4, -0.2) is 19.1 Å². The van der Waals surface area contributed by atoms with Gasteiger partial charge in [-0.1, -0.05) is 0 Å². The summed E-state index contributed by atoms with van der Waals surface area (Å²) in [5.41, 5.74) is 6.32. The summed E-state index contributed by atoms with van der Waals surface area (Å²) >= 11 is 0. The average Bonchev–Trinajstić information content (AvgIpc) is 2.15. The van der Waals surface area contributed by atoms with Gasteiger partial charge >= 0.3 is 5.97 Å². The van der Waals surface area contributed by atoms with Crippen molar-refractivity contribution in [2.75, 3.05) is 7.11 Å². The number of carbonyl (C=O) groups excluding carboxylic acids is 1. The first-order valence-electron chi connectivity index (χ1n) is 5.49. The highest BCUT2D eigenvalue weighted by Gasteiger charge is 2.48. The van der Waals surface area contributed by atoms with Crippen LogP contribution < -0.4 is 5.73 Å². The van der Waals surface area contributed by atoms with E-state index in [1.165, 1.54) is 20.0 Å². The minimum Gasteiger partial charge on any atom is -0.469 e.